The summed E-state index contributed by atoms with van der Waals surface area (Å²) in [6, 6.07) is 4.49. The number of halogens is 2. The normalized spacial score (nSPS) is 12.8. The number of hydrogen-bond donors (Lipinski definition) is 1. The lowest BCUT2D eigenvalue weighted by molar-refractivity contribution is 0.534. The van der Waals surface area contributed by atoms with E-state index in [2.05, 4.69) is 15.9 Å². The Bertz CT molecular complexity index is 527. The van der Waals surface area contributed by atoms with Crippen LogP contribution in [0.15, 0.2) is 33.5 Å². The maximum atomic E-state index is 13.2. The minimum absolute atomic E-state index is 0.234. The minimum atomic E-state index is -0.316. The summed E-state index contributed by atoms with van der Waals surface area (Å²) in [5.74, 6) is -0.234. The van der Waals surface area contributed by atoms with Crippen molar-refractivity contribution in [1.82, 2.24) is 0 Å². The quantitative estimate of drug-likeness (QED) is 0.914. The summed E-state index contributed by atoms with van der Waals surface area (Å²) in [5, 5.41) is 0. The lowest BCUT2D eigenvalue weighted by Gasteiger charge is -2.17. The highest BCUT2D eigenvalue weighted by Crippen LogP contribution is 2.31. The fourth-order valence-corrected chi connectivity index (χ4v) is 2.58. The zero-order valence-electron chi connectivity index (χ0n) is 9.63. The van der Waals surface area contributed by atoms with Gasteiger partial charge in [-0.2, -0.15) is 0 Å². The van der Waals surface area contributed by atoms with Gasteiger partial charge in [0.05, 0.1) is 12.3 Å². The predicted octanol–water partition coefficient (Wildman–Crippen LogP) is 3.85. The Hall–Kier alpha value is -1.13. The van der Waals surface area contributed by atoms with E-state index in [9.17, 15) is 4.39 Å². The molecule has 2 aromatic rings. The Kier molecular flexibility index (Phi) is 3.35. The molecule has 90 valence electrons. The van der Waals surface area contributed by atoms with Gasteiger partial charge in [0.2, 0.25) is 0 Å². The second kappa shape index (κ2) is 4.63. The number of furan rings is 1. The van der Waals surface area contributed by atoms with Gasteiger partial charge >= 0.3 is 0 Å². The van der Waals surface area contributed by atoms with Gasteiger partial charge in [-0.15, -0.1) is 0 Å². The van der Waals surface area contributed by atoms with Crippen molar-refractivity contribution >= 4 is 15.9 Å². The van der Waals surface area contributed by atoms with Crippen molar-refractivity contribution in [2.45, 2.75) is 19.9 Å². The van der Waals surface area contributed by atoms with Crippen LogP contribution in [-0.2, 0) is 0 Å². The molecule has 1 atom stereocenters. The summed E-state index contributed by atoms with van der Waals surface area (Å²) in [4.78, 5) is 0. The van der Waals surface area contributed by atoms with Crippen LogP contribution < -0.4 is 5.73 Å². The van der Waals surface area contributed by atoms with Crippen molar-refractivity contribution in [2.24, 2.45) is 5.73 Å². The van der Waals surface area contributed by atoms with Crippen LogP contribution in [0.5, 0.6) is 0 Å². The molecule has 0 aliphatic carbocycles. The molecule has 1 aromatic heterocycles. The van der Waals surface area contributed by atoms with E-state index in [1.54, 1.807) is 6.26 Å². The zero-order valence-corrected chi connectivity index (χ0v) is 11.2. The second-order valence-electron chi connectivity index (χ2n) is 4.08. The molecule has 0 saturated carbocycles. The van der Waals surface area contributed by atoms with Crippen molar-refractivity contribution in [3.8, 4) is 0 Å². The number of hydrogen-bond acceptors (Lipinski definition) is 2. The molecule has 0 amide bonds. The Balaban J connectivity index is 2.51. The Morgan fingerprint density at radius 1 is 1.29 bits per heavy atom. The van der Waals surface area contributed by atoms with E-state index in [4.69, 9.17) is 10.2 Å². The third-order valence-electron chi connectivity index (χ3n) is 2.85. The van der Waals surface area contributed by atoms with Crippen molar-refractivity contribution < 1.29 is 8.81 Å². The maximum absolute atomic E-state index is 13.2. The van der Waals surface area contributed by atoms with Gasteiger partial charge in [0.25, 0.3) is 0 Å². The standard InChI is InChI=1S/C13H13BrFNO/c1-7-5-9(15)6-8(2)11(7)12(16)10-3-4-17-13(10)14/h3-6,12H,16H2,1-2H3. The van der Waals surface area contributed by atoms with Gasteiger partial charge in [-0.1, -0.05) is 0 Å². The molecule has 1 aromatic carbocycles. The monoisotopic (exact) mass is 297 g/mol. The average Bonchev–Trinajstić information content (AvgIpc) is 2.62. The van der Waals surface area contributed by atoms with E-state index in [1.165, 1.54) is 12.1 Å². The summed E-state index contributed by atoms with van der Waals surface area (Å²) in [7, 11) is 0. The third-order valence-corrected chi connectivity index (χ3v) is 3.50. The van der Waals surface area contributed by atoms with Gasteiger partial charge in [0, 0.05) is 5.56 Å². The molecular weight excluding hydrogens is 285 g/mol. The summed E-state index contributed by atoms with van der Waals surface area (Å²) in [6.07, 6.45) is 1.58. The first-order chi connectivity index (χ1) is 8.00. The molecule has 2 nitrogen and oxygen atoms in total. The summed E-state index contributed by atoms with van der Waals surface area (Å²) in [6.45, 7) is 3.72. The van der Waals surface area contributed by atoms with Crippen LogP contribution in [0.2, 0.25) is 0 Å². The zero-order chi connectivity index (χ0) is 12.6. The SMILES string of the molecule is Cc1cc(F)cc(C)c1C(N)c1ccoc1Br. The van der Waals surface area contributed by atoms with Gasteiger partial charge in [-0.05, 0) is 64.7 Å². The smallest absolute Gasteiger partial charge is 0.174 e. The average molecular weight is 298 g/mol. The molecule has 0 radical (unpaired) electrons. The van der Waals surface area contributed by atoms with Crippen LogP contribution >= 0.6 is 15.9 Å². The van der Waals surface area contributed by atoms with Gasteiger partial charge < -0.3 is 10.2 Å². The highest BCUT2D eigenvalue weighted by atomic mass is 79.9. The molecule has 0 spiro atoms. The Morgan fingerprint density at radius 2 is 1.88 bits per heavy atom. The highest BCUT2D eigenvalue weighted by Gasteiger charge is 2.18. The van der Waals surface area contributed by atoms with Crippen molar-refractivity contribution in [1.29, 1.82) is 0 Å². The fourth-order valence-electron chi connectivity index (χ4n) is 2.09. The molecule has 0 fully saturated rings. The van der Waals surface area contributed by atoms with Crippen molar-refractivity contribution in [3.05, 3.63) is 57.2 Å². The molecule has 0 bridgehead atoms. The van der Waals surface area contributed by atoms with Crippen LogP contribution in [0, 0.1) is 19.7 Å². The van der Waals surface area contributed by atoms with E-state index < -0.39 is 0 Å². The van der Waals surface area contributed by atoms with Crippen LogP contribution in [-0.4, -0.2) is 0 Å². The first kappa shape index (κ1) is 12.3. The van der Waals surface area contributed by atoms with E-state index in [0.717, 1.165) is 22.3 Å². The second-order valence-corrected chi connectivity index (χ2v) is 4.80. The van der Waals surface area contributed by atoms with Gasteiger partial charge in [-0.3, -0.25) is 0 Å². The first-order valence-electron chi connectivity index (χ1n) is 5.26. The summed E-state index contributed by atoms with van der Waals surface area (Å²) >= 11 is 3.31. The predicted molar refractivity (Wildman–Crippen MR) is 68.3 cm³/mol. The molecule has 0 aliphatic rings. The molecule has 2 N–H and O–H groups in total. The molecule has 0 aliphatic heterocycles. The van der Waals surface area contributed by atoms with E-state index >= 15 is 0 Å². The van der Waals surface area contributed by atoms with E-state index in [1.807, 2.05) is 19.9 Å². The Labute approximate surface area is 108 Å². The summed E-state index contributed by atoms with van der Waals surface area (Å²) in [5.41, 5.74) is 9.70. The summed E-state index contributed by atoms with van der Waals surface area (Å²) < 4.78 is 19.0. The van der Waals surface area contributed by atoms with Gasteiger partial charge in [-0.25, -0.2) is 4.39 Å². The molecule has 0 saturated heterocycles. The number of benzene rings is 1. The molecule has 2 rings (SSSR count). The van der Waals surface area contributed by atoms with Gasteiger partial charge in [0.1, 0.15) is 5.82 Å². The maximum Gasteiger partial charge on any atom is 0.174 e. The lowest BCUT2D eigenvalue weighted by atomic mass is 9.93. The largest absolute Gasteiger partial charge is 0.457 e. The van der Waals surface area contributed by atoms with E-state index in [-0.39, 0.29) is 11.9 Å². The van der Waals surface area contributed by atoms with Crippen LogP contribution in [0.1, 0.15) is 28.3 Å². The topological polar surface area (TPSA) is 39.2 Å². The van der Waals surface area contributed by atoms with Crippen molar-refractivity contribution in [3.63, 3.8) is 0 Å². The van der Waals surface area contributed by atoms with Crippen molar-refractivity contribution in [2.75, 3.05) is 0 Å². The van der Waals surface area contributed by atoms with Gasteiger partial charge in [0.15, 0.2) is 4.67 Å². The molecule has 1 unspecified atom stereocenters. The van der Waals surface area contributed by atoms with E-state index in [0.29, 0.717) is 4.67 Å². The molecule has 4 heteroatoms. The highest BCUT2D eigenvalue weighted by molar-refractivity contribution is 9.10. The molecular formula is C13H13BrFNO. The number of nitrogens with two attached hydrogens (primary N) is 1. The minimum Gasteiger partial charge on any atom is -0.457 e. The first-order valence-corrected chi connectivity index (χ1v) is 6.05. The van der Waals surface area contributed by atoms with Crippen LogP contribution in [0.4, 0.5) is 4.39 Å². The van der Waals surface area contributed by atoms with Crippen LogP contribution in [0.25, 0.3) is 0 Å². The van der Waals surface area contributed by atoms with Crippen LogP contribution in [0.3, 0.4) is 0 Å². The lowest BCUT2D eigenvalue weighted by Crippen LogP contribution is -2.15. The fraction of sp³-hybridized carbons (Fsp3) is 0.231. The Morgan fingerprint density at radius 3 is 2.35 bits per heavy atom. The molecule has 1 heterocycles. The molecule has 17 heavy (non-hydrogen) atoms. The third kappa shape index (κ3) is 2.28. The number of aryl methyl sites for hydroxylation is 2. The number of rotatable bonds is 2.